The number of para-hydroxylation sites is 3. The van der Waals surface area contributed by atoms with Crippen molar-refractivity contribution in [2.75, 3.05) is 0 Å². The number of hydrogen-bond acceptors (Lipinski definition) is 2. The smallest absolute Gasteiger partial charge is 0.136 e. The summed E-state index contributed by atoms with van der Waals surface area (Å²) in [5.74, 6) is 0.482. The van der Waals surface area contributed by atoms with Crippen LogP contribution < -0.4 is 0 Å². The number of rotatable bonds is 11. The molecule has 14 rings (SSSR count). The fourth-order valence-electron chi connectivity index (χ4n) is 12.7. The van der Waals surface area contributed by atoms with Crippen LogP contribution in [0.4, 0.5) is 0 Å². The maximum atomic E-state index is 6.08. The lowest BCUT2D eigenvalue weighted by molar-refractivity contribution is 0.836. The second-order valence-corrected chi connectivity index (χ2v) is 21.5. The van der Waals surface area contributed by atoms with Gasteiger partial charge in [0.15, 0.2) is 0 Å². The van der Waals surface area contributed by atoms with Crippen molar-refractivity contribution >= 4 is 60.9 Å². The molecule has 1 unspecified atom stereocenters. The number of nitrogens with zero attached hydrogens (tertiary/aromatic N) is 4. The molecule has 3 heterocycles. The Kier molecular flexibility index (Phi) is 12.8. The van der Waals surface area contributed by atoms with Gasteiger partial charge in [-0.05, 0) is 143 Å². The maximum absolute atomic E-state index is 6.08. The van der Waals surface area contributed by atoms with Crippen LogP contribution in [0, 0.1) is 6.92 Å². The van der Waals surface area contributed by atoms with E-state index in [4.69, 9.17) is 9.98 Å². The van der Waals surface area contributed by atoms with Crippen LogP contribution in [0.5, 0.6) is 0 Å². The minimum Gasteiger partial charge on any atom is -0.309 e. The zero-order valence-electron chi connectivity index (χ0n) is 45.9. The quantitative estimate of drug-likeness (QED) is 0.124. The van der Waals surface area contributed by atoms with E-state index in [1.807, 2.05) is 0 Å². The van der Waals surface area contributed by atoms with Crippen LogP contribution in [0.3, 0.4) is 0 Å². The van der Waals surface area contributed by atoms with E-state index in [1.165, 1.54) is 77.2 Å². The summed E-state index contributed by atoms with van der Waals surface area (Å²) in [6.07, 6.45) is 2.27. The van der Waals surface area contributed by atoms with Crippen LogP contribution in [0.15, 0.2) is 282 Å². The van der Waals surface area contributed by atoms with Crippen molar-refractivity contribution in [1.82, 2.24) is 9.13 Å². The third-order valence-electron chi connectivity index (χ3n) is 16.7. The first-order valence-electron chi connectivity index (χ1n) is 28.5. The molecule has 0 bridgehead atoms. The molecule has 388 valence electrons. The summed E-state index contributed by atoms with van der Waals surface area (Å²) in [6.45, 7) is 6.89. The zero-order chi connectivity index (χ0) is 54.4. The van der Waals surface area contributed by atoms with E-state index in [2.05, 4.69) is 297 Å². The molecule has 4 heteroatoms. The van der Waals surface area contributed by atoms with Crippen molar-refractivity contribution in [1.29, 1.82) is 0 Å². The molecule has 0 spiro atoms. The lowest BCUT2D eigenvalue weighted by atomic mass is 9.83. The molecule has 0 saturated carbocycles. The molecule has 0 saturated heterocycles. The SMILES string of the molecule is CCC(C1=N/C(c2cccc(-c3ccccc3)c2)=C(/C)CC/C(c2cccc(-c3ccccc3)c2)=N\1)c1c(-c2ccccc2C)c(-n2c3ccccc3c3ccccc32)cc2c3ccccc3n(-c3ccc(-c4ccccc4)cc3)c12. The van der Waals surface area contributed by atoms with Crippen LogP contribution in [-0.4, -0.2) is 20.7 Å². The van der Waals surface area contributed by atoms with E-state index in [0.29, 0.717) is 0 Å². The molecular weight excluding hydrogens is 981 g/mol. The van der Waals surface area contributed by atoms with Crippen molar-refractivity contribution in [3.8, 4) is 55.9 Å². The molecule has 1 aliphatic rings. The van der Waals surface area contributed by atoms with Crippen LogP contribution in [-0.2, 0) is 0 Å². The highest BCUT2D eigenvalue weighted by molar-refractivity contribution is 6.18. The van der Waals surface area contributed by atoms with E-state index in [1.54, 1.807) is 0 Å². The summed E-state index contributed by atoms with van der Waals surface area (Å²) in [4.78, 5) is 12.1. The van der Waals surface area contributed by atoms with Gasteiger partial charge in [0.05, 0.1) is 39.2 Å². The van der Waals surface area contributed by atoms with E-state index in [0.717, 1.165) is 86.6 Å². The highest BCUT2D eigenvalue weighted by Gasteiger charge is 2.33. The van der Waals surface area contributed by atoms with Gasteiger partial charge in [-0.3, -0.25) is 0 Å². The largest absolute Gasteiger partial charge is 0.309 e. The number of allylic oxidation sites excluding steroid dienone is 1. The number of aromatic nitrogens is 2. The van der Waals surface area contributed by atoms with E-state index < -0.39 is 0 Å². The third kappa shape index (κ3) is 8.90. The van der Waals surface area contributed by atoms with Gasteiger partial charge in [-0.15, -0.1) is 0 Å². The summed E-state index contributed by atoms with van der Waals surface area (Å²) < 4.78 is 5.08. The first kappa shape index (κ1) is 49.4. The topological polar surface area (TPSA) is 34.6 Å². The predicted octanol–water partition coefficient (Wildman–Crippen LogP) is 20.5. The number of amidine groups is 1. The molecule has 13 aromatic rings. The molecule has 4 nitrogen and oxygen atoms in total. The lowest BCUT2D eigenvalue weighted by Gasteiger charge is -2.28. The Bertz CT molecular complexity index is 4560. The minimum absolute atomic E-state index is 0.313. The van der Waals surface area contributed by atoms with Crippen molar-refractivity contribution in [2.24, 2.45) is 9.98 Å². The van der Waals surface area contributed by atoms with Gasteiger partial charge < -0.3 is 9.13 Å². The summed E-state index contributed by atoms with van der Waals surface area (Å²) >= 11 is 0. The zero-order valence-corrected chi connectivity index (χ0v) is 45.9. The van der Waals surface area contributed by atoms with E-state index >= 15 is 0 Å². The summed E-state index contributed by atoms with van der Waals surface area (Å²) in [5.41, 5.74) is 24.0. The van der Waals surface area contributed by atoms with Crippen LogP contribution in [0.2, 0.25) is 0 Å². The predicted molar refractivity (Wildman–Crippen MR) is 343 cm³/mol. The Balaban J connectivity index is 1.13. The Morgan fingerprint density at radius 2 is 0.864 bits per heavy atom. The monoisotopic (exact) mass is 1040 g/mol. The van der Waals surface area contributed by atoms with Crippen molar-refractivity contribution in [3.63, 3.8) is 0 Å². The van der Waals surface area contributed by atoms with Crippen LogP contribution >= 0.6 is 0 Å². The highest BCUT2D eigenvalue weighted by atomic mass is 15.0. The molecule has 0 fully saturated rings. The second-order valence-electron chi connectivity index (χ2n) is 21.5. The highest BCUT2D eigenvalue weighted by Crippen LogP contribution is 2.49. The fraction of sp³-hybridized carbons (Fsp3) is 0.0909. The van der Waals surface area contributed by atoms with Gasteiger partial charge in [-0.1, -0.05) is 225 Å². The normalized spacial score (nSPS) is 15.5. The molecule has 0 radical (unpaired) electrons. The van der Waals surface area contributed by atoms with Gasteiger partial charge in [-0.2, -0.15) is 0 Å². The molecule has 1 aliphatic heterocycles. The van der Waals surface area contributed by atoms with Gasteiger partial charge >= 0.3 is 0 Å². The van der Waals surface area contributed by atoms with Gasteiger partial charge in [0.2, 0.25) is 0 Å². The molecular formula is C77H60N4. The maximum Gasteiger partial charge on any atom is 0.136 e. The van der Waals surface area contributed by atoms with Gasteiger partial charge in [0.25, 0.3) is 0 Å². The standard InChI is InChI=1S/C77H60N4/c1-4-62(77-78-68(59-33-22-31-57(48-59)54-27-10-6-11-28-54)47-42-52(3)75(79-77)60-34-23-32-58(49-60)55-29-12-7-13-30-55)74-73(63-35-15-14-24-51(63)2)72(81-70-40-20-16-36-64(70)65-37-17-21-41-71(65)81)50-67-66-38-18-19-39-69(66)80(76(67)74)61-45-43-56(44-46-61)53-25-8-5-9-26-53/h5-41,43-46,48-50,62H,4,42,47H2,1-3H3/b75-52-,78-68+,79-77-. The third-order valence-corrected chi connectivity index (χ3v) is 16.7. The summed E-state index contributed by atoms with van der Waals surface area (Å²) in [6, 6.07) is 97.5. The van der Waals surface area contributed by atoms with E-state index in [9.17, 15) is 0 Å². The molecule has 11 aromatic carbocycles. The Labute approximate surface area is 474 Å². The van der Waals surface area contributed by atoms with Crippen molar-refractivity contribution in [2.45, 2.75) is 46.0 Å². The van der Waals surface area contributed by atoms with Crippen molar-refractivity contribution in [3.05, 3.63) is 295 Å². The second kappa shape index (κ2) is 21.0. The summed E-state index contributed by atoms with van der Waals surface area (Å²) in [5, 5.41) is 4.80. The fourth-order valence-corrected chi connectivity index (χ4v) is 12.7. The molecule has 81 heavy (non-hydrogen) atoms. The van der Waals surface area contributed by atoms with Gasteiger partial charge in [-0.25, -0.2) is 9.98 Å². The Morgan fingerprint density at radius 1 is 0.395 bits per heavy atom. The number of benzene rings is 11. The van der Waals surface area contributed by atoms with Crippen LogP contribution in [0.25, 0.3) is 105 Å². The average molecular weight is 1040 g/mol. The van der Waals surface area contributed by atoms with Gasteiger partial charge in [0, 0.05) is 44.3 Å². The molecule has 0 aliphatic carbocycles. The van der Waals surface area contributed by atoms with Crippen molar-refractivity contribution < 1.29 is 0 Å². The number of aliphatic imine (C=N–C) groups is 2. The first-order valence-corrected chi connectivity index (χ1v) is 28.5. The summed E-state index contributed by atoms with van der Waals surface area (Å²) in [7, 11) is 0. The van der Waals surface area contributed by atoms with Crippen LogP contribution in [0.1, 0.15) is 61.3 Å². The minimum atomic E-state index is -0.313. The Morgan fingerprint density at radius 3 is 1.46 bits per heavy atom. The molecule has 1 atom stereocenters. The molecule has 2 aromatic heterocycles. The average Bonchev–Trinajstić information content (AvgIpc) is 2.59. The first-order chi connectivity index (χ1) is 40.0. The molecule has 0 amide bonds. The number of fused-ring (bicyclic) bond motifs is 6. The van der Waals surface area contributed by atoms with E-state index in [-0.39, 0.29) is 5.92 Å². The lowest BCUT2D eigenvalue weighted by Crippen LogP contribution is -2.18. The number of aryl methyl sites for hydroxylation is 1. The number of hydrogen-bond donors (Lipinski definition) is 0. The molecule has 0 N–H and O–H groups in total. The van der Waals surface area contributed by atoms with Gasteiger partial charge in [0.1, 0.15) is 5.84 Å². The Hall–Kier alpha value is -9.90.